The topological polar surface area (TPSA) is 40.5 Å². The molecule has 0 saturated heterocycles. The highest BCUT2D eigenvalue weighted by Gasteiger charge is 2.31. The summed E-state index contributed by atoms with van der Waals surface area (Å²) < 4.78 is 14.9. The molecule has 6 rings (SSSR count). The van der Waals surface area contributed by atoms with E-state index in [1.165, 1.54) is 5.56 Å². The first kappa shape index (κ1) is 20.3. The summed E-state index contributed by atoms with van der Waals surface area (Å²) in [6.07, 6.45) is 1.33. The monoisotopic (exact) mass is 499 g/mol. The van der Waals surface area contributed by atoms with Crippen LogP contribution in [0.3, 0.4) is 0 Å². The number of ether oxygens (including phenoxy) is 2. The van der Waals surface area contributed by atoms with Gasteiger partial charge < -0.3 is 14.0 Å². The molecule has 0 spiro atoms. The van der Waals surface area contributed by atoms with Crippen LogP contribution in [0.4, 0.5) is 0 Å². The minimum absolute atomic E-state index is 0.162. The van der Waals surface area contributed by atoms with Crippen LogP contribution in [0.2, 0.25) is 0 Å². The number of fused-ring (bicyclic) bond motifs is 2. The highest BCUT2D eigenvalue weighted by atomic mass is 79.9. The van der Waals surface area contributed by atoms with Crippen molar-refractivity contribution in [2.45, 2.75) is 18.8 Å². The number of benzene rings is 3. The Kier molecular flexibility index (Phi) is 5.07. The number of rotatable bonds is 3. The normalized spacial score (nSPS) is 17.0. The zero-order valence-corrected chi connectivity index (χ0v) is 19.5. The van der Waals surface area contributed by atoms with Crippen molar-refractivity contribution in [1.82, 2.24) is 4.57 Å². The molecule has 1 aliphatic heterocycles. The average molecular weight is 500 g/mol. The molecule has 4 aromatic rings. The zero-order valence-electron chi connectivity index (χ0n) is 18.0. The van der Waals surface area contributed by atoms with E-state index in [9.17, 15) is 4.79 Å². The van der Waals surface area contributed by atoms with Crippen molar-refractivity contribution in [1.29, 1.82) is 0 Å². The number of hydrogen-bond acceptors (Lipinski definition) is 3. The van der Waals surface area contributed by atoms with Gasteiger partial charge in [0.15, 0.2) is 17.3 Å². The predicted octanol–water partition coefficient (Wildman–Crippen LogP) is 6.59. The number of nitrogens with zero attached hydrogens (tertiary/aromatic N) is 1. The second kappa shape index (κ2) is 8.23. The van der Waals surface area contributed by atoms with E-state index < -0.39 is 0 Å². The summed E-state index contributed by atoms with van der Waals surface area (Å²) in [5.41, 5.74) is 6.11. The highest BCUT2D eigenvalue weighted by Crippen LogP contribution is 2.41. The number of carbonyl (C=O) groups is 1. The van der Waals surface area contributed by atoms with Crippen molar-refractivity contribution in [2.75, 3.05) is 13.2 Å². The maximum absolute atomic E-state index is 13.3. The number of aromatic nitrogens is 1. The molecule has 1 atom stereocenters. The molecule has 3 aromatic carbocycles. The van der Waals surface area contributed by atoms with Crippen molar-refractivity contribution < 1.29 is 14.3 Å². The quantitative estimate of drug-likeness (QED) is 0.319. The fraction of sp³-hybridized carbons (Fsp3) is 0.179. The van der Waals surface area contributed by atoms with Crippen molar-refractivity contribution in [2.24, 2.45) is 0 Å². The largest absolute Gasteiger partial charge is 0.486 e. The molecule has 2 heterocycles. The van der Waals surface area contributed by atoms with Gasteiger partial charge >= 0.3 is 0 Å². The molecule has 1 aromatic heterocycles. The summed E-state index contributed by atoms with van der Waals surface area (Å²) >= 11 is 3.53. The molecule has 164 valence electrons. The van der Waals surface area contributed by atoms with Gasteiger partial charge in [0.25, 0.3) is 0 Å². The Balaban J connectivity index is 1.54. The predicted molar refractivity (Wildman–Crippen MR) is 132 cm³/mol. The fourth-order valence-electron chi connectivity index (χ4n) is 4.89. The summed E-state index contributed by atoms with van der Waals surface area (Å²) in [4.78, 5) is 13.3. The standard InChI is InChI=1S/C28H22BrNO3/c29-21-8-6-19(7-9-21)24-17-23-25(14-20(15-26(23)31)18-4-2-1-3-5-18)30(24)22-10-11-27-28(16-22)33-13-12-32-27/h1-11,16-17,20H,12-15H2/t20-/m0/s1. The van der Waals surface area contributed by atoms with Gasteiger partial charge in [0.2, 0.25) is 0 Å². The molecule has 0 radical (unpaired) electrons. The number of carbonyl (C=O) groups excluding carboxylic acids is 1. The maximum Gasteiger partial charge on any atom is 0.165 e. The van der Waals surface area contributed by atoms with Crippen molar-refractivity contribution in [3.05, 3.63) is 100 Å². The fourth-order valence-corrected chi connectivity index (χ4v) is 5.16. The van der Waals surface area contributed by atoms with Crippen LogP contribution in [0.1, 0.15) is 34.0 Å². The van der Waals surface area contributed by atoms with Crippen LogP contribution in [-0.4, -0.2) is 23.6 Å². The second-order valence-corrected chi connectivity index (χ2v) is 9.41. The molecule has 2 aliphatic rings. The van der Waals surface area contributed by atoms with Gasteiger partial charge in [-0.15, -0.1) is 0 Å². The molecule has 0 unspecified atom stereocenters. The van der Waals surface area contributed by atoms with E-state index in [2.05, 4.69) is 50.8 Å². The molecular weight excluding hydrogens is 478 g/mol. The van der Waals surface area contributed by atoms with Crippen molar-refractivity contribution in [3.63, 3.8) is 0 Å². The van der Waals surface area contributed by atoms with E-state index in [0.717, 1.165) is 50.6 Å². The first-order valence-electron chi connectivity index (χ1n) is 11.2. The van der Waals surface area contributed by atoms with Gasteiger partial charge in [-0.2, -0.15) is 0 Å². The van der Waals surface area contributed by atoms with Gasteiger partial charge in [0, 0.05) is 33.9 Å². The minimum Gasteiger partial charge on any atom is -0.486 e. The lowest BCUT2D eigenvalue weighted by atomic mass is 9.82. The molecule has 0 amide bonds. The number of Topliss-reactive ketones (excluding diaryl/α,β-unsaturated/α-hetero) is 1. The Bertz CT molecular complexity index is 1340. The Morgan fingerprint density at radius 2 is 1.58 bits per heavy atom. The van der Waals surface area contributed by atoms with Gasteiger partial charge in [-0.1, -0.05) is 58.4 Å². The van der Waals surface area contributed by atoms with Gasteiger partial charge in [0.1, 0.15) is 13.2 Å². The second-order valence-electron chi connectivity index (χ2n) is 8.50. The molecule has 0 N–H and O–H groups in total. The molecule has 1 aliphatic carbocycles. The first-order chi connectivity index (χ1) is 16.2. The van der Waals surface area contributed by atoms with Crippen LogP contribution < -0.4 is 9.47 Å². The molecule has 0 fully saturated rings. The molecule has 4 nitrogen and oxygen atoms in total. The van der Waals surface area contributed by atoms with E-state index in [1.807, 2.05) is 48.5 Å². The van der Waals surface area contributed by atoms with E-state index in [-0.39, 0.29) is 11.7 Å². The summed E-state index contributed by atoms with van der Waals surface area (Å²) in [5, 5.41) is 0. The molecule has 33 heavy (non-hydrogen) atoms. The lowest BCUT2D eigenvalue weighted by Crippen LogP contribution is -2.20. The summed E-state index contributed by atoms with van der Waals surface area (Å²) in [6, 6.07) is 26.7. The van der Waals surface area contributed by atoms with Gasteiger partial charge in [-0.25, -0.2) is 0 Å². The van der Waals surface area contributed by atoms with Gasteiger partial charge in [0.05, 0.1) is 5.69 Å². The van der Waals surface area contributed by atoms with E-state index in [4.69, 9.17) is 9.47 Å². The van der Waals surface area contributed by atoms with Crippen LogP contribution >= 0.6 is 15.9 Å². The summed E-state index contributed by atoms with van der Waals surface area (Å²) in [6.45, 7) is 1.09. The molecule has 5 heteroatoms. The molecular formula is C28H22BrNO3. The van der Waals surface area contributed by atoms with Crippen molar-refractivity contribution in [3.8, 4) is 28.4 Å². The minimum atomic E-state index is 0.162. The Morgan fingerprint density at radius 3 is 2.36 bits per heavy atom. The highest BCUT2D eigenvalue weighted by molar-refractivity contribution is 9.10. The lowest BCUT2D eigenvalue weighted by molar-refractivity contribution is 0.0963. The third-order valence-corrected chi connectivity index (χ3v) is 7.00. The number of halogens is 1. The van der Waals surface area contributed by atoms with Crippen molar-refractivity contribution >= 4 is 21.7 Å². The van der Waals surface area contributed by atoms with Gasteiger partial charge in [-0.3, -0.25) is 4.79 Å². The van der Waals surface area contributed by atoms with E-state index in [1.54, 1.807) is 0 Å². The van der Waals surface area contributed by atoms with E-state index >= 15 is 0 Å². The third-order valence-electron chi connectivity index (χ3n) is 6.47. The first-order valence-corrected chi connectivity index (χ1v) is 12.0. The Hall–Kier alpha value is -3.31. The van der Waals surface area contributed by atoms with Gasteiger partial charge in [-0.05, 0) is 53.8 Å². The lowest BCUT2D eigenvalue weighted by Gasteiger charge is -2.25. The SMILES string of the molecule is O=C1C[C@@H](c2ccccc2)Cc2c1cc(-c1ccc(Br)cc1)n2-c1ccc2c(c1)OCCO2. The van der Waals surface area contributed by atoms with Crippen LogP contribution in [0.25, 0.3) is 16.9 Å². The van der Waals surface area contributed by atoms with Crippen LogP contribution in [-0.2, 0) is 6.42 Å². The van der Waals surface area contributed by atoms with Crippen LogP contribution in [0.15, 0.2) is 83.3 Å². The zero-order chi connectivity index (χ0) is 22.4. The van der Waals surface area contributed by atoms with Crippen LogP contribution in [0.5, 0.6) is 11.5 Å². The van der Waals surface area contributed by atoms with E-state index in [0.29, 0.717) is 19.6 Å². The molecule has 0 saturated carbocycles. The third kappa shape index (κ3) is 3.66. The molecule has 0 bridgehead atoms. The average Bonchev–Trinajstić information content (AvgIpc) is 3.25. The number of hydrogen-bond donors (Lipinski definition) is 0. The Morgan fingerprint density at radius 1 is 0.818 bits per heavy atom. The maximum atomic E-state index is 13.3. The summed E-state index contributed by atoms with van der Waals surface area (Å²) in [7, 11) is 0. The smallest absolute Gasteiger partial charge is 0.165 e. The Labute approximate surface area is 200 Å². The summed E-state index contributed by atoms with van der Waals surface area (Å²) in [5.74, 6) is 1.86. The number of ketones is 1. The van der Waals surface area contributed by atoms with Crippen LogP contribution in [0, 0.1) is 0 Å².